The second kappa shape index (κ2) is 4.13. The van der Waals surface area contributed by atoms with E-state index < -0.39 is 11.8 Å². The van der Waals surface area contributed by atoms with Gasteiger partial charge in [-0.3, -0.25) is 0 Å². The van der Waals surface area contributed by atoms with Gasteiger partial charge < -0.3 is 10.3 Å². The lowest BCUT2D eigenvalue weighted by atomic mass is 10.3. The molecule has 1 aromatic carbocycles. The molecule has 0 unspecified atom stereocenters. The number of ether oxygens (including phenoxy) is 1. The molecule has 4 nitrogen and oxygen atoms in total. The minimum absolute atomic E-state index is 0.186. The van der Waals surface area contributed by atoms with Crippen molar-refractivity contribution in [1.82, 2.24) is 0 Å². The summed E-state index contributed by atoms with van der Waals surface area (Å²) in [5.41, 5.74) is 7.97. The first-order chi connectivity index (χ1) is 6.22. The lowest BCUT2D eigenvalue weighted by Crippen LogP contribution is -2.09. The normalized spacial score (nSPS) is 8.69. The van der Waals surface area contributed by atoms with Gasteiger partial charge in [0, 0.05) is 0 Å². The molecule has 0 aliphatic rings. The molecular formula is C8H5FN2O2. The molecule has 0 radical (unpaired) electrons. The van der Waals surface area contributed by atoms with Crippen molar-refractivity contribution >= 4 is 12.2 Å². The second-order valence-electron chi connectivity index (χ2n) is 2.12. The number of nitrogens with zero attached hydrogens (tertiary/aromatic N) is 2. The Bertz CT molecular complexity index is 355. The summed E-state index contributed by atoms with van der Waals surface area (Å²) in [6, 6.07) is 4.88. The minimum Gasteiger partial charge on any atom is -0.418 e. The van der Waals surface area contributed by atoms with Crippen LogP contribution in [0.1, 0.15) is 0 Å². The molecule has 0 atom stereocenters. The van der Waals surface area contributed by atoms with Gasteiger partial charge >= 0.3 is 12.2 Å². The number of halogens is 1. The van der Waals surface area contributed by atoms with E-state index >= 15 is 0 Å². The third-order valence-corrected chi connectivity index (χ3v) is 1.20. The molecule has 0 spiro atoms. The maximum absolute atomic E-state index is 12.4. The highest BCUT2D eigenvalue weighted by Crippen LogP contribution is 2.10. The van der Waals surface area contributed by atoms with Crippen molar-refractivity contribution in [3.63, 3.8) is 0 Å². The summed E-state index contributed by atoms with van der Waals surface area (Å²) in [7, 11) is 0. The molecule has 0 fully saturated rings. The van der Waals surface area contributed by atoms with E-state index in [1.165, 1.54) is 12.1 Å². The predicted octanol–water partition coefficient (Wildman–Crippen LogP) is 1.03. The fraction of sp³-hybridized carbons (Fsp3) is 0. The largest absolute Gasteiger partial charge is 0.419 e. The Balaban J connectivity index is 2.69. The van der Waals surface area contributed by atoms with Gasteiger partial charge in [-0.15, -0.1) is 0 Å². The fourth-order valence-electron chi connectivity index (χ4n) is 0.692. The standard InChI is InChI=1S/C8H5FN2O2/c9-6-1-3-7(4-2-6)13-8(12)5-11-10/h1-5H. The maximum atomic E-state index is 12.4. The van der Waals surface area contributed by atoms with Crippen molar-refractivity contribution in [3.05, 3.63) is 35.6 Å². The fourth-order valence-corrected chi connectivity index (χ4v) is 0.692. The molecule has 13 heavy (non-hydrogen) atoms. The van der Waals surface area contributed by atoms with E-state index in [0.29, 0.717) is 6.21 Å². The number of carbonyl (C=O) groups excluding carboxylic acids is 1. The average Bonchev–Trinajstić information content (AvgIpc) is 2.09. The van der Waals surface area contributed by atoms with Crippen LogP contribution < -0.4 is 4.74 Å². The van der Waals surface area contributed by atoms with Crippen LogP contribution in [0.2, 0.25) is 0 Å². The van der Waals surface area contributed by atoms with Crippen molar-refractivity contribution in [3.8, 4) is 5.75 Å². The molecule has 0 amide bonds. The molecule has 0 aliphatic heterocycles. The quantitative estimate of drug-likeness (QED) is 0.224. The van der Waals surface area contributed by atoms with Crippen LogP contribution in [0.5, 0.6) is 5.75 Å². The minimum atomic E-state index is -0.825. The zero-order valence-electron chi connectivity index (χ0n) is 6.48. The van der Waals surface area contributed by atoms with Crippen LogP contribution in [0.15, 0.2) is 24.3 Å². The smallest absolute Gasteiger partial charge is 0.418 e. The Kier molecular flexibility index (Phi) is 2.89. The van der Waals surface area contributed by atoms with E-state index in [9.17, 15) is 9.18 Å². The van der Waals surface area contributed by atoms with Crippen LogP contribution in [0.4, 0.5) is 4.39 Å². The lowest BCUT2D eigenvalue weighted by molar-refractivity contribution is -0.130. The molecule has 0 heterocycles. The van der Waals surface area contributed by atoms with Gasteiger partial charge in [-0.1, -0.05) is 0 Å². The Morgan fingerprint density at radius 3 is 2.62 bits per heavy atom. The van der Waals surface area contributed by atoms with Crippen molar-refractivity contribution in [2.24, 2.45) is 0 Å². The van der Waals surface area contributed by atoms with E-state index in [1.807, 2.05) is 0 Å². The van der Waals surface area contributed by atoms with Crippen LogP contribution in [0.25, 0.3) is 5.53 Å². The van der Waals surface area contributed by atoms with Crippen molar-refractivity contribution in [2.45, 2.75) is 0 Å². The Morgan fingerprint density at radius 1 is 1.46 bits per heavy atom. The van der Waals surface area contributed by atoms with E-state index in [4.69, 9.17) is 5.53 Å². The van der Waals surface area contributed by atoms with Crippen LogP contribution in [-0.4, -0.2) is 17.0 Å². The number of hydrogen-bond acceptors (Lipinski definition) is 2. The third-order valence-electron chi connectivity index (χ3n) is 1.20. The molecule has 0 aromatic heterocycles. The summed E-state index contributed by atoms with van der Waals surface area (Å²) in [6.07, 6.45) is 0.601. The monoisotopic (exact) mass is 180 g/mol. The maximum Gasteiger partial charge on any atom is 0.419 e. The second-order valence-corrected chi connectivity index (χ2v) is 2.12. The average molecular weight is 180 g/mol. The summed E-state index contributed by atoms with van der Waals surface area (Å²) in [4.78, 5) is 13.1. The van der Waals surface area contributed by atoms with Crippen LogP contribution in [-0.2, 0) is 4.79 Å². The van der Waals surface area contributed by atoms with Crippen LogP contribution in [0.3, 0.4) is 0 Å². The number of esters is 1. The topological polar surface area (TPSA) is 62.7 Å². The van der Waals surface area contributed by atoms with Crippen LogP contribution in [0, 0.1) is 5.82 Å². The third kappa shape index (κ3) is 2.84. The van der Waals surface area contributed by atoms with Crippen molar-refractivity contribution in [1.29, 1.82) is 0 Å². The molecule has 0 saturated heterocycles. The summed E-state index contributed by atoms with van der Waals surface area (Å²) >= 11 is 0. The van der Waals surface area contributed by atoms with Gasteiger partial charge in [-0.25, -0.2) is 9.18 Å². The molecule has 5 heteroatoms. The first kappa shape index (κ1) is 9.09. The molecule has 0 N–H and O–H groups in total. The van der Waals surface area contributed by atoms with E-state index in [-0.39, 0.29) is 5.75 Å². The summed E-state index contributed by atoms with van der Waals surface area (Å²) in [5, 5.41) is 0. The zero-order valence-corrected chi connectivity index (χ0v) is 6.48. The number of carbonyl (C=O) groups is 1. The highest BCUT2D eigenvalue weighted by molar-refractivity contribution is 6.21. The van der Waals surface area contributed by atoms with Gasteiger partial charge in [-0.2, -0.15) is 4.79 Å². The molecule has 1 rings (SSSR count). The molecule has 66 valence electrons. The Hall–Kier alpha value is -2.00. The Labute approximate surface area is 73.2 Å². The van der Waals surface area contributed by atoms with Gasteiger partial charge in [0.15, 0.2) is 0 Å². The van der Waals surface area contributed by atoms with E-state index in [2.05, 4.69) is 9.53 Å². The summed E-state index contributed by atoms with van der Waals surface area (Å²) < 4.78 is 17.0. The van der Waals surface area contributed by atoms with Gasteiger partial charge in [0.25, 0.3) is 0 Å². The van der Waals surface area contributed by atoms with Gasteiger partial charge in [0.1, 0.15) is 11.6 Å². The number of benzene rings is 1. The number of rotatable bonds is 2. The zero-order chi connectivity index (χ0) is 9.68. The van der Waals surface area contributed by atoms with Crippen LogP contribution >= 0.6 is 0 Å². The Morgan fingerprint density at radius 2 is 2.08 bits per heavy atom. The summed E-state index contributed by atoms with van der Waals surface area (Å²) in [6.45, 7) is 0. The van der Waals surface area contributed by atoms with E-state index in [0.717, 1.165) is 12.1 Å². The van der Waals surface area contributed by atoms with Crippen molar-refractivity contribution in [2.75, 3.05) is 0 Å². The molecule has 0 bridgehead atoms. The molecule has 0 aliphatic carbocycles. The molecular weight excluding hydrogens is 175 g/mol. The first-order valence-electron chi connectivity index (χ1n) is 3.37. The molecule has 1 aromatic rings. The first-order valence-corrected chi connectivity index (χ1v) is 3.37. The van der Waals surface area contributed by atoms with Gasteiger partial charge in [-0.05, 0) is 24.3 Å². The SMILES string of the molecule is [N-]=[N+]=CC(=O)Oc1ccc(F)cc1. The van der Waals surface area contributed by atoms with Crippen molar-refractivity contribution < 1.29 is 18.7 Å². The highest BCUT2D eigenvalue weighted by Gasteiger charge is 2.04. The van der Waals surface area contributed by atoms with Gasteiger partial charge in [0.05, 0.1) is 0 Å². The van der Waals surface area contributed by atoms with Gasteiger partial charge in [0.2, 0.25) is 0 Å². The summed E-state index contributed by atoms with van der Waals surface area (Å²) in [5.74, 6) is -1.06. The van der Waals surface area contributed by atoms with E-state index in [1.54, 1.807) is 0 Å². The highest BCUT2D eigenvalue weighted by atomic mass is 19.1. The lowest BCUT2D eigenvalue weighted by Gasteiger charge is -1.96. The molecule has 0 saturated carbocycles. The number of hydrogen-bond donors (Lipinski definition) is 0. The predicted molar refractivity (Wildman–Crippen MR) is 41.7 cm³/mol.